The Hall–Kier alpha value is -2.21. The Morgan fingerprint density at radius 2 is 1.93 bits per heavy atom. The van der Waals surface area contributed by atoms with Crippen LogP contribution in [-0.4, -0.2) is 41.3 Å². The minimum Gasteiger partial charge on any atom is -0.356 e. The molecule has 148 valence electrons. The van der Waals surface area contributed by atoms with Gasteiger partial charge in [-0.05, 0) is 43.7 Å². The lowest BCUT2D eigenvalue weighted by molar-refractivity contribution is -0.138. The molecule has 1 aromatic heterocycles. The van der Waals surface area contributed by atoms with E-state index in [1.54, 1.807) is 18.3 Å². The van der Waals surface area contributed by atoms with Gasteiger partial charge in [-0.1, -0.05) is 24.3 Å². The van der Waals surface area contributed by atoms with Gasteiger partial charge in [-0.2, -0.15) is 0 Å². The molecular formula is C22H27N3O2S. The molecule has 2 aromatic rings. The molecule has 1 fully saturated rings. The Labute approximate surface area is 169 Å². The number of fused-ring (bicyclic) bond motifs is 1. The second-order valence-electron chi connectivity index (χ2n) is 7.88. The summed E-state index contributed by atoms with van der Waals surface area (Å²) in [4.78, 5) is 31.3. The van der Waals surface area contributed by atoms with Gasteiger partial charge in [-0.15, -0.1) is 11.3 Å². The summed E-state index contributed by atoms with van der Waals surface area (Å²) in [5, 5.41) is 3.99. The number of allylic oxidation sites excluding steroid dienone is 2. The highest BCUT2D eigenvalue weighted by Gasteiger charge is 2.36. The number of thiazole rings is 1. The third-order valence-corrected chi connectivity index (χ3v) is 7.11. The average Bonchev–Trinajstić information content (AvgIpc) is 3.16. The van der Waals surface area contributed by atoms with Gasteiger partial charge in [0.1, 0.15) is 0 Å². The van der Waals surface area contributed by atoms with Gasteiger partial charge < -0.3 is 10.2 Å². The maximum atomic E-state index is 13.3. The first-order valence-electron chi connectivity index (χ1n) is 10.2. The fourth-order valence-electron chi connectivity index (χ4n) is 4.29. The van der Waals surface area contributed by atoms with Crippen molar-refractivity contribution in [2.24, 2.45) is 11.8 Å². The zero-order valence-electron chi connectivity index (χ0n) is 16.3. The lowest BCUT2D eigenvalue weighted by Gasteiger charge is -2.36. The van der Waals surface area contributed by atoms with Gasteiger partial charge in [-0.3, -0.25) is 9.59 Å². The Morgan fingerprint density at radius 3 is 2.68 bits per heavy atom. The second kappa shape index (κ2) is 8.43. The summed E-state index contributed by atoms with van der Waals surface area (Å²) in [7, 11) is 0. The maximum Gasteiger partial charge on any atom is 0.226 e. The number of para-hydroxylation sites is 1. The molecule has 0 bridgehead atoms. The molecule has 0 saturated carbocycles. The number of benzene rings is 1. The minimum atomic E-state index is -0.0162. The lowest BCUT2D eigenvalue weighted by atomic mass is 9.81. The normalized spacial score (nSPS) is 23.1. The van der Waals surface area contributed by atoms with E-state index in [-0.39, 0.29) is 23.7 Å². The summed E-state index contributed by atoms with van der Waals surface area (Å²) < 4.78 is 1.19. The van der Waals surface area contributed by atoms with Crippen LogP contribution in [-0.2, 0) is 9.59 Å². The smallest absolute Gasteiger partial charge is 0.226 e. The molecule has 0 spiro atoms. The highest BCUT2D eigenvalue weighted by molar-refractivity contribution is 7.18. The van der Waals surface area contributed by atoms with Crippen LogP contribution in [0.25, 0.3) is 10.2 Å². The first kappa shape index (κ1) is 19.1. The number of aromatic nitrogens is 1. The van der Waals surface area contributed by atoms with Crippen LogP contribution in [0.3, 0.4) is 0 Å². The molecule has 6 heteroatoms. The van der Waals surface area contributed by atoms with E-state index < -0.39 is 0 Å². The molecule has 2 amide bonds. The molecule has 2 aliphatic rings. The van der Waals surface area contributed by atoms with Crippen molar-refractivity contribution in [1.29, 1.82) is 0 Å². The molecule has 1 N–H and O–H groups in total. The van der Waals surface area contributed by atoms with E-state index in [4.69, 9.17) is 4.98 Å². The molecule has 1 aliphatic heterocycles. The van der Waals surface area contributed by atoms with Crippen molar-refractivity contribution in [3.8, 4) is 0 Å². The highest BCUT2D eigenvalue weighted by atomic mass is 32.1. The topological polar surface area (TPSA) is 62.3 Å². The fraction of sp³-hybridized carbons (Fsp3) is 0.500. The molecule has 1 aliphatic carbocycles. The van der Waals surface area contributed by atoms with Crippen molar-refractivity contribution in [3.05, 3.63) is 41.4 Å². The summed E-state index contributed by atoms with van der Waals surface area (Å²) in [5.74, 6) is 0.918. The number of piperidine rings is 1. The number of amides is 2. The molecule has 1 aromatic carbocycles. The number of carbonyl (C=O) groups is 2. The van der Waals surface area contributed by atoms with Crippen LogP contribution in [0.4, 0.5) is 0 Å². The van der Waals surface area contributed by atoms with E-state index in [0.29, 0.717) is 5.92 Å². The third kappa shape index (κ3) is 4.12. The van der Waals surface area contributed by atoms with Gasteiger partial charge in [0.15, 0.2) is 0 Å². The Balaban J connectivity index is 1.44. The van der Waals surface area contributed by atoms with E-state index in [0.717, 1.165) is 55.8 Å². The van der Waals surface area contributed by atoms with E-state index in [2.05, 4.69) is 23.5 Å². The van der Waals surface area contributed by atoms with Crippen LogP contribution in [0.5, 0.6) is 0 Å². The molecule has 2 heterocycles. The highest BCUT2D eigenvalue weighted by Crippen LogP contribution is 2.39. The largest absolute Gasteiger partial charge is 0.356 e. The molecule has 2 atom stereocenters. The SMILES string of the molecule is CC(=O)NCC1CCN(C(=O)[C@@H]2CC=CC[C@@H]2c2nc3ccccc3s2)CC1. The number of hydrogen-bond donors (Lipinski definition) is 1. The number of likely N-dealkylation sites (tertiary alicyclic amines) is 1. The van der Waals surface area contributed by atoms with Gasteiger partial charge in [0, 0.05) is 32.5 Å². The molecular weight excluding hydrogens is 370 g/mol. The summed E-state index contributed by atoms with van der Waals surface area (Å²) >= 11 is 1.73. The van der Waals surface area contributed by atoms with Crippen molar-refractivity contribution in [2.45, 2.75) is 38.5 Å². The minimum absolute atomic E-state index is 0.0162. The summed E-state index contributed by atoms with van der Waals surface area (Å²) in [6, 6.07) is 8.20. The van der Waals surface area contributed by atoms with E-state index >= 15 is 0 Å². The molecule has 0 unspecified atom stereocenters. The predicted octanol–water partition coefficient (Wildman–Crippen LogP) is 3.72. The molecule has 5 nitrogen and oxygen atoms in total. The monoisotopic (exact) mass is 397 g/mol. The zero-order chi connectivity index (χ0) is 19.5. The van der Waals surface area contributed by atoms with Crippen molar-refractivity contribution in [3.63, 3.8) is 0 Å². The van der Waals surface area contributed by atoms with Crippen LogP contribution < -0.4 is 5.32 Å². The van der Waals surface area contributed by atoms with Crippen LogP contribution in [0.15, 0.2) is 36.4 Å². The number of rotatable bonds is 4. The van der Waals surface area contributed by atoms with E-state index in [1.165, 1.54) is 4.70 Å². The van der Waals surface area contributed by atoms with Crippen molar-refractivity contribution in [2.75, 3.05) is 19.6 Å². The zero-order valence-corrected chi connectivity index (χ0v) is 17.1. The Morgan fingerprint density at radius 1 is 1.18 bits per heavy atom. The van der Waals surface area contributed by atoms with Crippen LogP contribution in [0, 0.1) is 11.8 Å². The molecule has 0 radical (unpaired) electrons. The number of carbonyl (C=O) groups excluding carboxylic acids is 2. The third-order valence-electron chi connectivity index (χ3n) is 5.94. The Bertz CT molecular complexity index is 850. The summed E-state index contributed by atoms with van der Waals surface area (Å²) in [5.41, 5.74) is 1.03. The van der Waals surface area contributed by atoms with Crippen molar-refractivity contribution >= 4 is 33.4 Å². The first-order chi connectivity index (χ1) is 13.6. The van der Waals surface area contributed by atoms with Gasteiger partial charge in [-0.25, -0.2) is 4.98 Å². The van der Waals surface area contributed by atoms with E-state index in [9.17, 15) is 9.59 Å². The number of hydrogen-bond acceptors (Lipinski definition) is 4. The van der Waals surface area contributed by atoms with Crippen LogP contribution in [0.2, 0.25) is 0 Å². The standard InChI is InChI=1S/C22H27N3O2S/c1-15(26)23-14-16-10-12-25(13-11-16)22(27)18-7-3-2-6-17(18)21-24-19-8-4-5-9-20(19)28-21/h2-5,8-9,16-18H,6-7,10-14H2,1H3,(H,23,26)/t17-,18+/m0/s1. The number of nitrogens with zero attached hydrogens (tertiary/aromatic N) is 2. The van der Waals surface area contributed by atoms with Gasteiger partial charge in [0.25, 0.3) is 0 Å². The maximum absolute atomic E-state index is 13.3. The number of nitrogens with one attached hydrogen (secondary N) is 1. The molecule has 28 heavy (non-hydrogen) atoms. The average molecular weight is 398 g/mol. The fourth-order valence-corrected chi connectivity index (χ4v) is 5.43. The quantitative estimate of drug-likeness (QED) is 0.800. The van der Waals surface area contributed by atoms with Crippen LogP contribution in [0.1, 0.15) is 43.5 Å². The van der Waals surface area contributed by atoms with Gasteiger partial charge >= 0.3 is 0 Å². The van der Waals surface area contributed by atoms with Crippen LogP contribution >= 0.6 is 11.3 Å². The predicted molar refractivity (Wildman–Crippen MR) is 112 cm³/mol. The van der Waals surface area contributed by atoms with Crippen molar-refractivity contribution in [1.82, 2.24) is 15.2 Å². The summed E-state index contributed by atoms with van der Waals surface area (Å²) in [6.45, 7) is 3.85. The van der Waals surface area contributed by atoms with Gasteiger partial charge in [0.05, 0.1) is 21.1 Å². The molecule has 4 rings (SSSR count). The lowest BCUT2D eigenvalue weighted by Crippen LogP contribution is -2.45. The van der Waals surface area contributed by atoms with E-state index in [1.807, 2.05) is 23.1 Å². The second-order valence-corrected chi connectivity index (χ2v) is 8.94. The molecule has 1 saturated heterocycles. The van der Waals surface area contributed by atoms with Gasteiger partial charge in [0.2, 0.25) is 11.8 Å². The first-order valence-corrected chi connectivity index (χ1v) is 11.0. The summed E-state index contributed by atoms with van der Waals surface area (Å²) in [6.07, 6.45) is 7.94. The Kier molecular flexibility index (Phi) is 5.76. The van der Waals surface area contributed by atoms with Crippen molar-refractivity contribution < 1.29 is 9.59 Å².